The predicted molar refractivity (Wildman–Crippen MR) is 98.0 cm³/mol. The van der Waals surface area contributed by atoms with E-state index in [0.29, 0.717) is 0 Å². The number of halogens is 2. The van der Waals surface area contributed by atoms with Crippen LogP contribution in [0.4, 0.5) is 0 Å². The maximum absolute atomic E-state index is 3.73. The van der Waals surface area contributed by atoms with Crippen LogP contribution < -0.4 is 5.32 Å². The van der Waals surface area contributed by atoms with E-state index in [2.05, 4.69) is 95.2 Å². The number of nitrogens with one attached hydrogen (secondary N) is 1. The second kappa shape index (κ2) is 7.08. The summed E-state index contributed by atoms with van der Waals surface area (Å²) in [6.45, 7) is 9.55. The van der Waals surface area contributed by atoms with E-state index in [9.17, 15) is 0 Å². The van der Waals surface area contributed by atoms with Gasteiger partial charge in [0, 0.05) is 8.95 Å². The molecule has 21 heavy (non-hydrogen) atoms. The average molecular weight is 411 g/mol. The Morgan fingerprint density at radius 3 is 2.33 bits per heavy atom. The first-order chi connectivity index (χ1) is 9.95. The summed E-state index contributed by atoms with van der Waals surface area (Å²) >= 11 is 7.39. The maximum Gasteiger partial charge on any atom is 0.0590 e. The van der Waals surface area contributed by atoms with E-state index in [0.717, 1.165) is 15.5 Å². The summed E-state index contributed by atoms with van der Waals surface area (Å²) < 4.78 is 2.30. The van der Waals surface area contributed by atoms with Crippen LogP contribution in [0.5, 0.6) is 0 Å². The molecule has 0 radical (unpaired) electrons. The molecule has 0 fully saturated rings. The maximum atomic E-state index is 3.73. The number of hydrogen-bond acceptors (Lipinski definition) is 1. The second-order valence-electron chi connectivity index (χ2n) is 5.40. The van der Waals surface area contributed by atoms with Crippen molar-refractivity contribution in [3.8, 4) is 0 Å². The molecule has 1 unspecified atom stereocenters. The smallest absolute Gasteiger partial charge is 0.0590 e. The number of benzene rings is 2. The zero-order chi connectivity index (χ0) is 15.6. The van der Waals surface area contributed by atoms with Crippen molar-refractivity contribution in [2.45, 2.75) is 33.7 Å². The van der Waals surface area contributed by atoms with Gasteiger partial charge in [0.1, 0.15) is 0 Å². The van der Waals surface area contributed by atoms with Crippen LogP contribution in [0.15, 0.2) is 39.3 Å². The first-order valence-electron chi connectivity index (χ1n) is 7.20. The topological polar surface area (TPSA) is 12.0 Å². The lowest BCUT2D eigenvalue weighted by atomic mass is 9.92. The second-order valence-corrected chi connectivity index (χ2v) is 7.11. The van der Waals surface area contributed by atoms with Crippen molar-refractivity contribution in [1.82, 2.24) is 5.32 Å². The molecule has 112 valence electrons. The quantitative estimate of drug-likeness (QED) is 0.667. The van der Waals surface area contributed by atoms with Crippen molar-refractivity contribution in [3.05, 3.63) is 67.1 Å². The number of aryl methyl sites for hydroxylation is 2. The van der Waals surface area contributed by atoms with Crippen LogP contribution in [0.25, 0.3) is 0 Å². The molecular formula is C18H21Br2N. The van der Waals surface area contributed by atoms with Gasteiger partial charge in [0.05, 0.1) is 6.04 Å². The average Bonchev–Trinajstić information content (AvgIpc) is 2.44. The minimum absolute atomic E-state index is 0.196. The highest BCUT2D eigenvalue weighted by Gasteiger charge is 2.19. The van der Waals surface area contributed by atoms with Gasteiger partial charge in [-0.1, -0.05) is 57.0 Å². The van der Waals surface area contributed by atoms with E-state index >= 15 is 0 Å². The van der Waals surface area contributed by atoms with Gasteiger partial charge < -0.3 is 5.32 Å². The molecule has 0 bridgehead atoms. The fourth-order valence-corrected chi connectivity index (χ4v) is 3.61. The Morgan fingerprint density at radius 1 is 0.952 bits per heavy atom. The van der Waals surface area contributed by atoms with Gasteiger partial charge >= 0.3 is 0 Å². The Kier molecular flexibility index (Phi) is 5.64. The molecule has 2 aromatic carbocycles. The monoisotopic (exact) mass is 409 g/mol. The summed E-state index contributed by atoms with van der Waals surface area (Å²) in [7, 11) is 0. The summed E-state index contributed by atoms with van der Waals surface area (Å²) in [5, 5.41) is 3.62. The van der Waals surface area contributed by atoms with Crippen molar-refractivity contribution in [2.24, 2.45) is 0 Å². The van der Waals surface area contributed by atoms with Crippen molar-refractivity contribution in [1.29, 1.82) is 0 Å². The van der Waals surface area contributed by atoms with E-state index in [4.69, 9.17) is 0 Å². The SMILES string of the molecule is CCNC(c1cc(Br)c(C)cc1Br)c1cccc(C)c1C. The molecule has 0 spiro atoms. The normalized spacial score (nSPS) is 12.5. The molecule has 0 amide bonds. The van der Waals surface area contributed by atoms with Crippen LogP contribution in [-0.4, -0.2) is 6.54 Å². The lowest BCUT2D eigenvalue weighted by molar-refractivity contribution is 0.624. The highest BCUT2D eigenvalue weighted by Crippen LogP contribution is 2.34. The van der Waals surface area contributed by atoms with Crippen LogP contribution >= 0.6 is 31.9 Å². The lowest BCUT2D eigenvalue weighted by Gasteiger charge is -2.23. The Hall–Kier alpha value is -0.640. The van der Waals surface area contributed by atoms with Crippen LogP contribution in [-0.2, 0) is 0 Å². The van der Waals surface area contributed by atoms with Crippen molar-refractivity contribution in [2.75, 3.05) is 6.54 Å². The molecule has 0 aliphatic heterocycles. The number of rotatable bonds is 4. The van der Waals surface area contributed by atoms with Crippen LogP contribution in [0.1, 0.15) is 40.8 Å². The van der Waals surface area contributed by atoms with E-state index in [1.807, 2.05) is 0 Å². The van der Waals surface area contributed by atoms with Crippen LogP contribution in [0.2, 0.25) is 0 Å². The highest BCUT2D eigenvalue weighted by molar-refractivity contribution is 9.11. The van der Waals surface area contributed by atoms with Gasteiger partial charge in [-0.3, -0.25) is 0 Å². The van der Waals surface area contributed by atoms with Gasteiger partial charge in [-0.15, -0.1) is 0 Å². The lowest BCUT2D eigenvalue weighted by Crippen LogP contribution is -2.23. The zero-order valence-corrected chi connectivity index (χ0v) is 16.1. The molecule has 0 saturated carbocycles. The van der Waals surface area contributed by atoms with Crippen molar-refractivity contribution >= 4 is 31.9 Å². The van der Waals surface area contributed by atoms with Gasteiger partial charge in [-0.2, -0.15) is 0 Å². The van der Waals surface area contributed by atoms with Gasteiger partial charge in [-0.25, -0.2) is 0 Å². The fourth-order valence-electron chi connectivity index (χ4n) is 2.56. The number of hydrogen-bond donors (Lipinski definition) is 1. The molecule has 0 aliphatic carbocycles. The molecule has 2 aromatic rings. The molecule has 3 heteroatoms. The van der Waals surface area contributed by atoms with E-state index in [-0.39, 0.29) is 6.04 Å². The summed E-state index contributed by atoms with van der Waals surface area (Å²) in [5.41, 5.74) is 6.53. The van der Waals surface area contributed by atoms with E-state index in [1.54, 1.807) is 0 Å². The summed E-state index contributed by atoms with van der Waals surface area (Å²) in [6.07, 6.45) is 0. The Bertz CT molecular complexity index is 650. The Balaban J connectivity index is 2.59. The minimum Gasteiger partial charge on any atom is -0.306 e. The molecule has 0 aromatic heterocycles. The van der Waals surface area contributed by atoms with Crippen molar-refractivity contribution in [3.63, 3.8) is 0 Å². The minimum atomic E-state index is 0.196. The largest absolute Gasteiger partial charge is 0.306 e. The fraction of sp³-hybridized carbons (Fsp3) is 0.333. The van der Waals surface area contributed by atoms with Crippen molar-refractivity contribution < 1.29 is 0 Å². The molecule has 0 aliphatic rings. The molecule has 0 heterocycles. The molecule has 1 atom stereocenters. The van der Waals surface area contributed by atoms with Crippen LogP contribution in [0, 0.1) is 20.8 Å². The van der Waals surface area contributed by atoms with Gasteiger partial charge in [0.15, 0.2) is 0 Å². The summed E-state index contributed by atoms with van der Waals surface area (Å²) in [4.78, 5) is 0. The summed E-state index contributed by atoms with van der Waals surface area (Å²) in [6, 6.07) is 11.1. The molecule has 0 saturated heterocycles. The zero-order valence-electron chi connectivity index (χ0n) is 12.9. The first-order valence-corrected chi connectivity index (χ1v) is 8.79. The van der Waals surface area contributed by atoms with Gasteiger partial charge in [-0.05, 0) is 67.3 Å². The molecular weight excluding hydrogens is 390 g/mol. The summed E-state index contributed by atoms with van der Waals surface area (Å²) in [5.74, 6) is 0. The van der Waals surface area contributed by atoms with E-state index < -0.39 is 0 Å². The molecule has 2 rings (SSSR count). The Labute approximate surface area is 144 Å². The van der Waals surface area contributed by atoms with Gasteiger partial charge in [0.25, 0.3) is 0 Å². The molecule has 1 nitrogen and oxygen atoms in total. The van der Waals surface area contributed by atoms with Gasteiger partial charge in [0.2, 0.25) is 0 Å². The van der Waals surface area contributed by atoms with E-state index in [1.165, 1.54) is 27.8 Å². The van der Waals surface area contributed by atoms with Crippen LogP contribution in [0.3, 0.4) is 0 Å². The third kappa shape index (κ3) is 3.58. The highest BCUT2D eigenvalue weighted by atomic mass is 79.9. The Morgan fingerprint density at radius 2 is 1.67 bits per heavy atom. The third-order valence-electron chi connectivity index (χ3n) is 3.95. The standard InChI is InChI=1S/C18H21Br2N/c1-5-21-18(14-8-6-7-11(2)13(14)4)15-10-16(19)12(3)9-17(15)20/h6-10,18,21H,5H2,1-4H3. The molecule has 1 N–H and O–H groups in total. The predicted octanol–water partition coefficient (Wildman–Crippen LogP) is 5.84. The third-order valence-corrected chi connectivity index (χ3v) is 5.50. The first kappa shape index (κ1) is 16.7.